The van der Waals surface area contributed by atoms with Crippen LogP contribution in [0.4, 0.5) is 5.69 Å². The van der Waals surface area contributed by atoms with Crippen LogP contribution in [0.3, 0.4) is 0 Å². The minimum absolute atomic E-state index is 0.317. The first kappa shape index (κ1) is 12.7. The first-order valence-corrected chi connectivity index (χ1v) is 8.40. The predicted molar refractivity (Wildman–Crippen MR) is 77.0 cm³/mol. The molecule has 0 bridgehead atoms. The summed E-state index contributed by atoms with van der Waals surface area (Å²) in [5.41, 5.74) is 2.11. The highest BCUT2D eigenvalue weighted by Gasteiger charge is 2.18. The van der Waals surface area contributed by atoms with E-state index in [4.69, 9.17) is 0 Å². The number of fused-ring (bicyclic) bond motifs is 1. The van der Waals surface area contributed by atoms with Crippen molar-refractivity contribution >= 4 is 27.0 Å². The standard InChI is InChI=1S/C13H14N2O2S2/c16-19(17,15-9-11-2-1-7-18-11)12-4-3-10-5-6-14-13(10)8-12/h1-4,7-8,14-15H,5-6,9H2. The lowest BCUT2D eigenvalue weighted by Crippen LogP contribution is -2.22. The SMILES string of the molecule is O=S(=O)(NCc1cccs1)c1ccc2c(c1)NCC2. The molecule has 0 radical (unpaired) electrons. The van der Waals surface area contributed by atoms with E-state index in [2.05, 4.69) is 10.0 Å². The molecule has 2 heterocycles. The van der Waals surface area contributed by atoms with E-state index >= 15 is 0 Å². The monoisotopic (exact) mass is 294 g/mol. The molecule has 1 aromatic heterocycles. The van der Waals surface area contributed by atoms with Crippen molar-refractivity contribution in [3.63, 3.8) is 0 Å². The fraction of sp³-hybridized carbons (Fsp3) is 0.231. The molecule has 0 unspecified atom stereocenters. The summed E-state index contributed by atoms with van der Waals surface area (Å²) in [4.78, 5) is 1.32. The highest BCUT2D eigenvalue weighted by atomic mass is 32.2. The lowest BCUT2D eigenvalue weighted by Gasteiger charge is -2.07. The zero-order chi connectivity index (χ0) is 13.3. The Morgan fingerprint density at radius 2 is 2.21 bits per heavy atom. The van der Waals surface area contributed by atoms with Crippen LogP contribution in [0.5, 0.6) is 0 Å². The fourth-order valence-electron chi connectivity index (χ4n) is 2.10. The Hall–Kier alpha value is -1.37. The van der Waals surface area contributed by atoms with Gasteiger partial charge in [-0.15, -0.1) is 11.3 Å². The molecule has 0 amide bonds. The third-order valence-electron chi connectivity index (χ3n) is 3.12. The van der Waals surface area contributed by atoms with Crippen molar-refractivity contribution in [2.24, 2.45) is 0 Å². The van der Waals surface area contributed by atoms with E-state index in [0.29, 0.717) is 11.4 Å². The molecule has 1 aliphatic rings. The van der Waals surface area contributed by atoms with Gasteiger partial charge in [0.15, 0.2) is 0 Å². The number of hydrogen-bond donors (Lipinski definition) is 2. The number of sulfonamides is 1. The summed E-state index contributed by atoms with van der Waals surface area (Å²) in [6.07, 6.45) is 0.957. The third-order valence-corrected chi connectivity index (χ3v) is 5.39. The van der Waals surface area contributed by atoms with Crippen molar-refractivity contribution in [2.75, 3.05) is 11.9 Å². The number of nitrogens with one attached hydrogen (secondary N) is 2. The van der Waals surface area contributed by atoms with Crippen molar-refractivity contribution < 1.29 is 8.42 Å². The van der Waals surface area contributed by atoms with Gasteiger partial charge in [0.2, 0.25) is 10.0 Å². The quantitative estimate of drug-likeness (QED) is 0.909. The summed E-state index contributed by atoms with van der Waals surface area (Å²) in [7, 11) is -3.44. The number of anilines is 1. The first-order chi connectivity index (χ1) is 9.15. The smallest absolute Gasteiger partial charge is 0.240 e. The molecule has 0 aliphatic carbocycles. The van der Waals surface area contributed by atoms with E-state index in [9.17, 15) is 8.42 Å². The number of hydrogen-bond acceptors (Lipinski definition) is 4. The molecule has 0 atom stereocenters. The van der Waals surface area contributed by atoms with E-state index in [1.54, 1.807) is 12.1 Å². The van der Waals surface area contributed by atoms with Crippen molar-refractivity contribution in [2.45, 2.75) is 17.9 Å². The van der Waals surface area contributed by atoms with Crippen molar-refractivity contribution in [3.8, 4) is 0 Å². The van der Waals surface area contributed by atoms with Crippen LogP contribution in [0.1, 0.15) is 10.4 Å². The van der Waals surface area contributed by atoms with Gasteiger partial charge in [0.25, 0.3) is 0 Å². The molecule has 3 rings (SSSR count). The zero-order valence-electron chi connectivity index (χ0n) is 10.2. The van der Waals surface area contributed by atoms with Crippen molar-refractivity contribution in [1.82, 2.24) is 4.72 Å². The maximum Gasteiger partial charge on any atom is 0.240 e. The van der Waals surface area contributed by atoms with Crippen LogP contribution in [0, 0.1) is 0 Å². The van der Waals surface area contributed by atoms with Crippen molar-refractivity contribution in [3.05, 3.63) is 46.2 Å². The maximum absolute atomic E-state index is 12.2. The highest BCUT2D eigenvalue weighted by molar-refractivity contribution is 7.89. The summed E-state index contributed by atoms with van der Waals surface area (Å²) < 4.78 is 27.0. The lowest BCUT2D eigenvalue weighted by atomic mass is 10.2. The molecule has 0 spiro atoms. The average molecular weight is 294 g/mol. The Kier molecular flexibility index (Phi) is 3.30. The molecular formula is C13H14N2O2S2. The van der Waals surface area contributed by atoms with Gasteiger partial charge in [-0.1, -0.05) is 12.1 Å². The summed E-state index contributed by atoms with van der Waals surface area (Å²) in [6.45, 7) is 1.21. The van der Waals surface area contributed by atoms with E-state index in [1.165, 1.54) is 16.9 Å². The summed E-state index contributed by atoms with van der Waals surface area (Å²) in [5.74, 6) is 0. The average Bonchev–Trinajstić information content (AvgIpc) is 3.06. The van der Waals surface area contributed by atoms with Gasteiger partial charge in [0, 0.05) is 23.7 Å². The predicted octanol–water partition coefficient (Wildman–Crippen LogP) is 2.19. The second-order valence-electron chi connectivity index (χ2n) is 4.40. The van der Waals surface area contributed by atoms with Crippen LogP contribution in [-0.2, 0) is 23.0 Å². The summed E-state index contributed by atoms with van der Waals surface area (Å²) in [5, 5.41) is 5.13. The Morgan fingerprint density at radius 1 is 1.32 bits per heavy atom. The fourth-order valence-corrected chi connectivity index (χ4v) is 3.87. The Morgan fingerprint density at radius 3 is 3.00 bits per heavy atom. The highest BCUT2D eigenvalue weighted by Crippen LogP contribution is 2.25. The van der Waals surface area contributed by atoms with Gasteiger partial charge in [-0.3, -0.25) is 0 Å². The molecule has 19 heavy (non-hydrogen) atoms. The first-order valence-electron chi connectivity index (χ1n) is 6.04. The van der Waals surface area contributed by atoms with Crippen LogP contribution in [0.2, 0.25) is 0 Å². The van der Waals surface area contributed by atoms with Gasteiger partial charge in [0.05, 0.1) is 4.90 Å². The van der Waals surface area contributed by atoms with Gasteiger partial charge < -0.3 is 5.32 Å². The second kappa shape index (κ2) is 4.96. The van der Waals surface area contributed by atoms with Crippen LogP contribution >= 0.6 is 11.3 Å². The molecule has 2 N–H and O–H groups in total. The number of thiophene rings is 1. The Balaban J connectivity index is 1.80. The van der Waals surface area contributed by atoms with Gasteiger partial charge in [-0.05, 0) is 35.6 Å². The number of benzene rings is 1. The van der Waals surface area contributed by atoms with Crippen LogP contribution in [0.15, 0.2) is 40.6 Å². The van der Waals surface area contributed by atoms with E-state index < -0.39 is 10.0 Å². The Labute approximate surface area is 116 Å². The molecule has 0 saturated heterocycles. The molecule has 6 heteroatoms. The molecule has 4 nitrogen and oxygen atoms in total. The normalized spacial score (nSPS) is 14.1. The molecule has 0 fully saturated rings. The van der Waals surface area contributed by atoms with E-state index in [0.717, 1.165) is 23.5 Å². The van der Waals surface area contributed by atoms with Crippen LogP contribution in [-0.4, -0.2) is 15.0 Å². The van der Waals surface area contributed by atoms with Crippen LogP contribution < -0.4 is 10.0 Å². The third kappa shape index (κ3) is 2.65. The topological polar surface area (TPSA) is 58.2 Å². The molecule has 1 aromatic carbocycles. The molecule has 100 valence electrons. The van der Waals surface area contributed by atoms with Gasteiger partial charge in [-0.2, -0.15) is 0 Å². The van der Waals surface area contributed by atoms with E-state index in [1.807, 2.05) is 23.6 Å². The van der Waals surface area contributed by atoms with Gasteiger partial charge >= 0.3 is 0 Å². The van der Waals surface area contributed by atoms with Crippen LogP contribution in [0.25, 0.3) is 0 Å². The zero-order valence-corrected chi connectivity index (χ0v) is 11.9. The van der Waals surface area contributed by atoms with Gasteiger partial charge in [0.1, 0.15) is 0 Å². The minimum Gasteiger partial charge on any atom is -0.384 e. The van der Waals surface area contributed by atoms with E-state index in [-0.39, 0.29) is 0 Å². The molecular weight excluding hydrogens is 280 g/mol. The molecule has 2 aromatic rings. The largest absolute Gasteiger partial charge is 0.384 e. The Bertz CT molecular complexity index is 679. The van der Waals surface area contributed by atoms with Gasteiger partial charge in [-0.25, -0.2) is 13.1 Å². The summed E-state index contributed by atoms with van der Waals surface area (Å²) in [6, 6.07) is 9.09. The lowest BCUT2D eigenvalue weighted by molar-refractivity contribution is 0.582. The second-order valence-corrected chi connectivity index (χ2v) is 7.20. The molecule has 0 saturated carbocycles. The minimum atomic E-state index is -3.44. The van der Waals surface area contributed by atoms with Crippen molar-refractivity contribution in [1.29, 1.82) is 0 Å². The maximum atomic E-state index is 12.2. The molecule has 1 aliphatic heterocycles. The summed E-state index contributed by atoms with van der Waals surface area (Å²) >= 11 is 1.54. The number of rotatable bonds is 4.